The van der Waals surface area contributed by atoms with Gasteiger partial charge in [0.15, 0.2) is 4.98 Å². The monoisotopic (exact) mass is 501 g/mol. The molecule has 1 fully saturated rings. The van der Waals surface area contributed by atoms with Crippen LogP contribution in [0.3, 0.4) is 0 Å². The Morgan fingerprint density at radius 3 is 1.97 bits per heavy atom. The number of hydrogen-bond acceptors (Lipinski definition) is 6. The van der Waals surface area contributed by atoms with E-state index in [2.05, 4.69) is 17.1 Å². The number of nitrogens with zero attached hydrogens (tertiary/aromatic N) is 2. The number of rotatable bonds is 6. The summed E-state index contributed by atoms with van der Waals surface area (Å²) in [6.45, 7) is 0. The van der Waals surface area contributed by atoms with Gasteiger partial charge in [-0.3, -0.25) is 0 Å². The normalized spacial score (nSPS) is 14.9. The van der Waals surface area contributed by atoms with Crippen molar-refractivity contribution in [2.45, 2.75) is 36.0 Å². The summed E-state index contributed by atoms with van der Waals surface area (Å²) in [5.74, 6) is 0.665. The molecule has 0 atom stereocenters. The van der Waals surface area contributed by atoms with Gasteiger partial charge >= 0.3 is 15.8 Å². The van der Waals surface area contributed by atoms with Crippen molar-refractivity contribution in [3.8, 4) is 17.2 Å². The van der Waals surface area contributed by atoms with Crippen LogP contribution in [0, 0.1) is 5.39 Å². The predicted octanol–water partition coefficient (Wildman–Crippen LogP) is 6.67. The molecule has 0 radical (unpaired) electrons. The lowest BCUT2D eigenvalue weighted by Crippen LogP contribution is -2.23. The lowest BCUT2D eigenvalue weighted by atomic mass is 9.73. The summed E-state index contributed by atoms with van der Waals surface area (Å²) in [5, 5.41) is 20.1. The van der Waals surface area contributed by atoms with E-state index in [0.717, 1.165) is 43.1 Å². The van der Waals surface area contributed by atoms with Crippen LogP contribution in [0.5, 0.6) is 17.2 Å². The van der Waals surface area contributed by atoms with Crippen molar-refractivity contribution in [1.29, 1.82) is 5.39 Å². The fourth-order valence-corrected chi connectivity index (χ4v) is 6.39. The fourth-order valence-electron chi connectivity index (χ4n) is 5.23. The van der Waals surface area contributed by atoms with Gasteiger partial charge in [0.2, 0.25) is 11.1 Å². The second-order valence-electron chi connectivity index (χ2n) is 8.97. The first-order valence-electron chi connectivity index (χ1n) is 11.7. The third-order valence-electron chi connectivity index (χ3n) is 7.05. The summed E-state index contributed by atoms with van der Waals surface area (Å²) >= 11 is 0. The Kier molecular flexibility index (Phi) is 6.02. The summed E-state index contributed by atoms with van der Waals surface area (Å²) in [5.41, 5.74) is 1.91. The second-order valence-corrected chi connectivity index (χ2v) is 10.5. The van der Waals surface area contributed by atoms with Gasteiger partial charge < -0.3 is 14.0 Å². The van der Waals surface area contributed by atoms with E-state index in [1.807, 2.05) is 24.3 Å². The van der Waals surface area contributed by atoms with Crippen LogP contribution < -0.4 is 8.92 Å². The quantitative estimate of drug-likeness (QED) is 0.234. The van der Waals surface area contributed by atoms with Crippen LogP contribution in [0.4, 0.5) is 5.69 Å². The standard InChI is InChI=1S/C28H24N2O5S/c1-34-21-12-8-19(9-13-21)28(16-4-5-17-28)20-10-14-22(15-11-20)35-36(32,33)26-18-25(30-29)27(31)24-7-3-2-6-23(24)26/h2-3,6-15,18H,4-5,16-17H2,1H3/p+1. The molecule has 0 bridgehead atoms. The first-order valence-corrected chi connectivity index (χ1v) is 13.1. The van der Waals surface area contributed by atoms with Crippen LogP contribution in [0.15, 0.2) is 83.8 Å². The number of ether oxygens (including phenoxy) is 1. The number of benzene rings is 4. The molecule has 7 nitrogen and oxygen atoms in total. The smallest absolute Gasteiger partial charge is 0.428 e. The van der Waals surface area contributed by atoms with E-state index < -0.39 is 10.1 Å². The van der Waals surface area contributed by atoms with E-state index in [-0.39, 0.29) is 38.3 Å². The van der Waals surface area contributed by atoms with Gasteiger partial charge in [-0.1, -0.05) is 61.4 Å². The van der Waals surface area contributed by atoms with Gasteiger partial charge in [-0.05, 0) is 48.2 Å². The van der Waals surface area contributed by atoms with Gasteiger partial charge in [-0.15, -0.1) is 0 Å². The molecule has 0 aliphatic heterocycles. The number of methoxy groups -OCH3 is 1. The number of phenols is 1. The Morgan fingerprint density at radius 1 is 0.861 bits per heavy atom. The molecule has 0 heterocycles. The Labute approximate surface area is 209 Å². The highest BCUT2D eigenvalue weighted by molar-refractivity contribution is 7.87. The maximum atomic E-state index is 13.2. The van der Waals surface area contributed by atoms with Crippen molar-refractivity contribution in [2.24, 2.45) is 0 Å². The molecular weight excluding hydrogens is 476 g/mol. The zero-order valence-corrected chi connectivity index (χ0v) is 20.5. The van der Waals surface area contributed by atoms with Gasteiger partial charge in [0.25, 0.3) is 0 Å². The lowest BCUT2D eigenvalue weighted by molar-refractivity contribution is 0.414. The van der Waals surface area contributed by atoms with E-state index in [9.17, 15) is 18.9 Å². The van der Waals surface area contributed by atoms with Crippen LogP contribution in [-0.4, -0.2) is 20.6 Å². The van der Waals surface area contributed by atoms with Crippen molar-refractivity contribution >= 4 is 26.6 Å². The minimum absolute atomic E-state index is 0.144. The minimum Gasteiger partial charge on any atom is -0.501 e. The summed E-state index contributed by atoms with van der Waals surface area (Å²) in [4.78, 5) is 2.83. The zero-order chi connectivity index (χ0) is 25.3. The molecule has 0 unspecified atom stereocenters. The Hall–Kier alpha value is -4.09. The van der Waals surface area contributed by atoms with Crippen molar-refractivity contribution in [3.63, 3.8) is 0 Å². The average Bonchev–Trinajstić information content (AvgIpc) is 3.40. The van der Waals surface area contributed by atoms with Crippen LogP contribution in [-0.2, 0) is 15.5 Å². The van der Waals surface area contributed by atoms with Crippen molar-refractivity contribution in [2.75, 3.05) is 7.11 Å². The van der Waals surface area contributed by atoms with Crippen molar-refractivity contribution in [3.05, 3.63) is 95.0 Å². The van der Waals surface area contributed by atoms with Crippen molar-refractivity contribution < 1.29 is 22.4 Å². The Bertz CT molecular complexity index is 1570. The van der Waals surface area contributed by atoms with Gasteiger partial charge in [0.1, 0.15) is 16.4 Å². The Morgan fingerprint density at radius 2 is 1.42 bits per heavy atom. The average molecular weight is 502 g/mol. The highest BCUT2D eigenvalue weighted by Gasteiger charge is 2.37. The Balaban J connectivity index is 1.49. The van der Waals surface area contributed by atoms with Gasteiger partial charge in [-0.2, -0.15) is 8.42 Å². The molecule has 36 heavy (non-hydrogen) atoms. The number of fused-ring (bicyclic) bond motifs is 1. The van der Waals surface area contributed by atoms with Gasteiger partial charge in [-0.25, -0.2) is 0 Å². The van der Waals surface area contributed by atoms with Crippen LogP contribution in [0.25, 0.3) is 15.7 Å². The van der Waals surface area contributed by atoms with E-state index in [0.29, 0.717) is 0 Å². The second kappa shape index (κ2) is 9.17. The molecule has 8 heteroatoms. The van der Waals surface area contributed by atoms with Crippen LogP contribution in [0.2, 0.25) is 0 Å². The molecule has 4 aromatic rings. The van der Waals surface area contributed by atoms with Crippen LogP contribution >= 0.6 is 0 Å². The first kappa shape index (κ1) is 23.6. The molecule has 0 amide bonds. The van der Waals surface area contributed by atoms with Gasteiger partial charge in [0.05, 0.1) is 13.2 Å². The molecule has 1 saturated carbocycles. The SMILES string of the molecule is COc1ccc(C2(c3ccc(OS(=O)(=O)c4cc([N+]#N)c(O)c5ccccc45)cc3)CCCC2)cc1. The van der Waals surface area contributed by atoms with Crippen LogP contribution in [0.1, 0.15) is 36.8 Å². The number of hydrogen-bond donors (Lipinski definition) is 1. The summed E-state index contributed by atoms with van der Waals surface area (Å²) in [6, 6.07) is 22.8. The van der Waals surface area contributed by atoms with E-state index >= 15 is 0 Å². The molecule has 0 spiro atoms. The molecule has 182 valence electrons. The van der Waals surface area contributed by atoms with E-state index in [1.165, 1.54) is 5.56 Å². The van der Waals surface area contributed by atoms with Gasteiger partial charge in [0, 0.05) is 16.2 Å². The molecule has 1 N–H and O–H groups in total. The minimum atomic E-state index is -4.29. The summed E-state index contributed by atoms with van der Waals surface area (Å²) in [6.07, 6.45) is 4.24. The lowest BCUT2D eigenvalue weighted by Gasteiger charge is -2.30. The van der Waals surface area contributed by atoms with Crippen molar-refractivity contribution in [1.82, 2.24) is 0 Å². The molecule has 4 aromatic carbocycles. The molecule has 1 aliphatic rings. The number of aromatic hydroxyl groups is 1. The highest BCUT2D eigenvalue weighted by Crippen LogP contribution is 2.47. The third-order valence-corrected chi connectivity index (χ3v) is 8.34. The molecule has 1 aliphatic carbocycles. The summed E-state index contributed by atoms with van der Waals surface area (Å²) < 4.78 is 37.3. The molecular formula is C28H25N2O5S+. The first-order chi connectivity index (χ1) is 17.4. The molecule has 0 saturated heterocycles. The number of phenolic OH excluding ortho intramolecular Hbond substituents is 1. The van der Waals surface area contributed by atoms with E-state index in [1.54, 1.807) is 43.5 Å². The van der Waals surface area contributed by atoms with E-state index in [4.69, 9.17) is 8.92 Å². The maximum absolute atomic E-state index is 13.2. The molecule has 5 rings (SSSR count). The highest BCUT2D eigenvalue weighted by atomic mass is 32.2. The largest absolute Gasteiger partial charge is 0.501 e. The topological polar surface area (TPSA) is 101 Å². The predicted molar refractivity (Wildman–Crippen MR) is 137 cm³/mol. The third kappa shape index (κ3) is 4.01. The number of diazo groups is 1. The molecule has 0 aromatic heterocycles. The maximum Gasteiger partial charge on any atom is 0.428 e. The zero-order valence-electron chi connectivity index (χ0n) is 19.7. The fraction of sp³-hybridized carbons (Fsp3) is 0.214. The summed E-state index contributed by atoms with van der Waals surface area (Å²) in [7, 11) is -2.65.